The Hall–Kier alpha value is -3.21. The van der Waals surface area contributed by atoms with Crippen LogP contribution in [0.1, 0.15) is 12.5 Å². The Morgan fingerprint density at radius 1 is 0.958 bits per heavy atom. The lowest BCUT2D eigenvalue weighted by atomic mass is 9.99. The molecule has 0 bridgehead atoms. The van der Waals surface area contributed by atoms with Crippen molar-refractivity contribution in [2.24, 2.45) is 0 Å². The fraction of sp³-hybridized carbons (Fsp3) is 0.105. The Kier molecular flexibility index (Phi) is 4.00. The molecule has 5 heteroatoms. The van der Waals surface area contributed by atoms with Crippen LogP contribution in [-0.2, 0) is 14.4 Å². The van der Waals surface area contributed by atoms with Crippen LogP contribution in [0.4, 0.5) is 11.4 Å². The van der Waals surface area contributed by atoms with E-state index in [1.807, 2.05) is 43.3 Å². The zero-order valence-corrected chi connectivity index (χ0v) is 13.4. The minimum atomic E-state index is -0.337. The molecular weight excluding hydrogens is 304 g/mol. The molecule has 24 heavy (non-hydrogen) atoms. The van der Waals surface area contributed by atoms with Gasteiger partial charge in [0.1, 0.15) is 0 Å². The summed E-state index contributed by atoms with van der Waals surface area (Å²) in [6, 6.07) is 12.9. The van der Waals surface area contributed by atoms with E-state index in [0.29, 0.717) is 11.4 Å². The average Bonchev–Trinajstić information content (AvgIpc) is 2.87. The molecule has 0 saturated heterocycles. The number of anilines is 2. The Bertz CT molecular complexity index is 849. The molecule has 2 aromatic carbocycles. The second kappa shape index (κ2) is 6.12. The minimum Gasteiger partial charge on any atom is -0.326 e. The summed E-state index contributed by atoms with van der Waals surface area (Å²) in [7, 11) is 0. The van der Waals surface area contributed by atoms with Gasteiger partial charge < -0.3 is 5.32 Å². The number of nitrogens with zero attached hydrogens (tertiary/aromatic N) is 1. The molecule has 0 radical (unpaired) electrons. The van der Waals surface area contributed by atoms with Gasteiger partial charge in [0, 0.05) is 24.8 Å². The van der Waals surface area contributed by atoms with Gasteiger partial charge in [-0.1, -0.05) is 18.2 Å². The summed E-state index contributed by atoms with van der Waals surface area (Å²) in [6.07, 6.45) is 2.54. The molecule has 2 aromatic rings. The monoisotopic (exact) mass is 320 g/mol. The number of hydrogen-bond acceptors (Lipinski definition) is 3. The zero-order valence-electron chi connectivity index (χ0n) is 13.4. The van der Waals surface area contributed by atoms with E-state index < -0.39 is 0 Å². The van der Waals surface area contributed by atoms with Gasteiger partial charge in [0.2, 0.25) is 5.91 Å². The molecule has 1 heterocycles. The van der Waals surface area contributed by atoms with Crippen LogP contribution in [0.25, 0.3) is 11.1 Å². The molecule has 0 atom stereocenters. The SMILES string of the molecule is CC(=O)Nc1ccc(-c2cc(N3C(=O)C=CC3=O)ccc2C)cc1. The first-order valence-corrected chi connectivity index (χ1v) is 7.50. The van der Waals surface area contributed by atoms with Crippen LogP contribution in [0.15, 0.2) is 54.6 Å². The second-order valence-electron chi connectivity index (χ2n) is 5.60. The van der Waals surface area contributed by atoms with Crippen molar-refractivity contribution in [1.82, 2.24) is 0 Å². The smallest absolute Gasteiger partial charge is 0.258 e. The largest absolute Gasteiger partial charge is 0.326 e. The highest BCUT2D eigenvalue weighted by atomic mass is 16.2. The van der Waals surface area contributed by atoms with Crippen LogP contribution in [0.3, 0.4) is 0 Å². The quantitative estimate of drug-likeness (QED) is 0.884. The number of carbonyl (C=O) groups excluding carboxylic acids is 3. The fourth-order valence-corrected chi connectivity index (χ4v) is 2.65. The molecule has 1 aliphatic rings. The average molecular weight is 320 g/mol. The Morgan fingerprint density at radius 2 is 1.58 bits per heavy atom. The van der Waals surface area contributed by atoms with Crippen molar-refractivity contribution in [2.75, 3.05) is 10.2 Å². The van der Waals surface area contributed by atoms with E-state index in [1.54, 1.807) is 6.07 Å². The number of aryl methyl sites for hydroxylation is 1. The predicted molar refractivity (Wildman–Crippen MR) is 92.6 cm³/mol. The van der Waals surface area contributed by atoms with Gasteiger partial charge in [0.15, 0.2) is 0 Å². The molecule has 0 spiro atoms. The van der Waals surface area contributed by atoms with Crippen LogP contribution in [-0.4, -0.2) is 17.7 Å². The Balaban J connectivity index is 1.96. The molecule has 3 rings (SSSR count). The van der Waals surface area contributed by atoms with Crippen LogP contribution < -0.4 is 10.2 Å². The number of benzene rings is 2. The summed E-state index contributed by atoms with van der Waals surface area (Å²) in [6.45, 7) is 3.42. The van der Waals surface area contributed by atoms with Gasteiger partial charge in [0.05, 0.1) is 5.69 Å². The predicted octanol–water partition coefficient (Wildman–Crippen LogP) is 3.05. The van der Waals surface area contributed by atoms with Crippen LogP contribution >= 0.6 is 0 Å². The molecule has 1 N–H and O–H groups in total. The zero-order chi connectivity index (χ0) is 17.3. The summed E-state index contributed by atoms with van der Waals surface area (Å²) < 4.78 is 0. The van der Waals surface area contributed by atoms with Crippen molar-refractivity contribution in [3.63, 3.8) is 0 Å². The summed E-state index contributed by atoms with van der Waals surface area (Å²) in [4.78, 5) is 35.9. The lowest BCUT2D eigenvalue weighted by Crippen LogP contribution is -2.29. The molecule has 0 aromatic heterocycles. The number of imide groups is 1. The lowest BCUT2D eigenvalue weighted by molar-refractivity contribution is -0.120. The van der Waals surface area contributed by atoms with Crippen molar-refractivity contribution in [2.45, 2.75) is 13.8 Å². The molecular formula is C19H16N2O3. The standard InChI is InChI=1S/C19H16N2O3/c1-12-3-8-16(21-18(23)9-10-19(21)24)11-17(12)14-4-6-15(7-5-14)20-13(2)22/h3-11H,1-2H3,(H,20,22). The van der Waals surface area contributed by atoms with E-state index in [9.17, 15) is 14.4 Å². The third kappa shape index (κ3) is 2.96. The van der Waals surface area contributed by atoms with Gasteiger partial charge >= 0.3 is 0 Å². The van der Waals surface area contributed by atoms with E-state index in [2.05, 4.69) is 5.32 Å². The van der Waals surface area contributed by atoms with Crippen LogP contribution in [0, 0.1) is 6.92 Å². The van der Waals surface area contributed by atoms with Crippen LogP contribution in [0.2, 0.25) is 0 Å². The van der Waals surface area contributed by atoms with Gasteiger partial charge in [-0.15, -0.1) is 0 Å². The number of nitrogens with one attached hydrogen (secondary N) is 1. The number of hydrogen-bond donors (Lipinski definition) is 1. The summed E-state index contributed by atoms with van der Waals surface area (Å²) in [5, 5.41) is 2.72. The Morgan fingerprint density at radius 3 is 2.17 bits per heavy atom. The third-order valence-corrected chi connectivity index (χ3v) is 3.80. The lowest BCUT2D eigenvalue weighted by Gasteiger charge is -2.16. The third-order valence-electron chi connectivity index (χ3n) is 3.80. The second-order valence-corrected chi connectivity index (χ2v) is 5.60. The van der Waals surface area contributed by atoms with Crippen molar-refractivity contribution in [1.29, 1.82) is 0 Å². The van der Waals surface area contributed by atoms with Crippen LogP contribution in [0.5, 0.6) is 0 Å². The van der Waals surface area contributed by atoms with Crippen molar-refractivity contribution in [3.05, 3.63) is 60.2 Å². The Labute approximate surface area is 139 Å². The maximum atomic E-state index is 11.8. The summed E-state index contributed by atoms with van der Waals surface area (Å²) in [5.74, 6) is -0.800. The topological polar surface area (TPSA) is 66.5 Å². The van der Waals surface area contributed by atoms with E-state index >= 15 is 0 Å². The van der Waals surface area contributed by atoms with E-state index in [0.717, 1.165) is 21.6 Å². The molecule has 1 aliphatic heterocycles. The number of amides is 3. The maximum absolute atomic E-state index is 11.8. The molecule has 120 valence electrons. The first-order valence-electron chi connectivity index (χ1n) is 7.50. The van der Waals surface area contributed by atoms with Crippen molar-refractivity contribution in [3.8, 4) is 11.1 Å². The first-order chi connectivity index (χ1) is 11.5. The van der Waals surface area contributed by atoms with Crippen molar-refractivity contribution >= 4 is 29.1 Å². The van der Waals surface area contributed by atoms with Crippen molar-refractivity contribution < 1.29 is 14.4 Å². The van der Waals surface area contributed by atoms with E-state index in [-0.39, 0.29) is 17.7 Å². The highest BCUT2D eigenvalue weighted by Crippen LogP contribution is 2.30. The van der Waals surface area contributed by atoms with Gasteiger partial charge in [-0.25, -0.2) is 4.90 Å². The summed E-state index contributed by atoms with van der Waals surface area (Å²) >= 11 is 0. The van der Waals surface area contributed by atoms with Gasteiger partial charge in [-0.05, 0) is 47.9 Å². The maximum Gasteiger partial charge on any atom is 0.258 e. The number of carbonyl (C=O) groups is 3. The summed E-state index contributed by atoms with van der Waals surface area (Å²) in [5.41, 5.74) is 4.15. The highest BCUT2D eigenvalue weighted by molar-refractivity contribution is 6.28. The molecule has 0 fully saturated rings. The number of rotatable bonds is 3. The highest BCUT2D eigenvalue weighted by Gasteiger charge is 2.25. The molecule has 0 aliphatic carbocycles. The van der Waals surface area contributed by atoms with Gasteiger partial charge in [0.25, 0.3) is 11.8 Å². The first kappa shape index (κ1) is 15.7. The molecule has 5 nitrogen and oxygen atoms in total. The van der Waals surface area contributed by atoms with E-state index in [1.165, 1.54) is 19.1 Å². The molecule has 0 unspecified atom stereocenters. The van der Waals surface area contributed by atoms with Gasteiger partial charge in [-0.2, -0.15) is 0 Å². The van der Waals surface area contributed by atoms with Gasteiger partial charge in [-0.3, -0.25) is 14.4 Å². The fourth-order valence-electron chi connectivity index (χ4n) is 2.65. The molecule has 3 amide bonds. The van der Waals surface area contributed by atoms with E-state index in [4.69, 9.17) is 0 Å². The normalized spacial score (nSPS) is 13.5. The minimum absolute atomic E-state index is 0.125. The molecule has 0 saturated carbocycles.